The lowest BCUT2D eigenvalue weighted by Crippen LogP contribution is -2.40. The molecule has 2 fully saturated rings. The van der Waals surface area contributed by atoms with Gasteiger partial charge >= 0.3 is 12.1 Å². The van der Waals surface area contributed by atoms with Gasteiger partial charge in [0.05, 0.1) is 18.2 Å². The van der Waals surface area contributed by atoms with Crippen molar-refractivity contribution in [3.05, 3.63) is 47.3 Å². The summed E-state index contributed by atoms with van der Waals surface area (Å²) in [7, 11) is 0. The average Bonchev–Trinajstić information content (AvgIpc) is 3.08. The predicted molar refractivity (Wildman–Crippen MR) is 174 cm³/mol. The van der Waals surface area contributed by atoms with Gasteiger partial charge in [-0.25, -0.2) is 9.97 Å². The Balaban J connectivity index is 1.28. The first-order chi connectivity index (χ1) is 23.0. The number of hydrogen-bond acceptors (Lipinski definition) is 9. The van der Waals surface area contributed by atoms with Crippen molar-refractivity contribution in [2.75, 3.05) is 49.1 Å². The maximum Gasteiger partial charge on any atom is 0.451 e. The van der Waals surface area contributed by atoms with Crippen LogP contribution in [0.1, 0.15) is 88.1 Å². The summed E-state index contributed by atoms with van der Waals surface area (Å²) in [4.78, 5) is 48.1. The van der Waals surface area contributed by atoms with Gasteiger partial charge in [0.15, 0.2) is 0 Å². The molecule has 260 valence electrons. The largest absolute Gasteiger partial charge is 0.466 e. The van der Waals surface area contributed by atoms with Crippen molar-refractivity contribution in [3.63, 3.8) is 0 Å². The highest BCUT2D eigenvalue weighted by Gasteiger charge is 2.37. The Bertz CT molecular complexity index is 1420. The minimum absolute atomic E-state index is 0.105. The molecule has 0 bridgehead atoms. The molecule has 2 aliphatic rings. The number of ether oxygens (including phenoxy) is 1. The highest BCUT2D eigenvalue weighted by Crippen LogP contribution is 2.33. The van der Waals surface area contributed by atoms with Crippen molar-refractivity contribution in [2.24, 2.45) is 11.8 Å². The number of carbonyl (C=O) groups is 3. The number of benzene rings is 1. The van der Waals surface area contributed by atoms with Gasteiger partial charge in [0, 0.05) is 64.0 Å². The van der Waals surface area contributed by atoms with Crippen molar-refractivity contribution < 1.29 is 32.3 Å². The number of alkyl halides is 3. The second kappa shape index (κ2) is 17.8. The molecule has 2 saturated heterocycles. The lowest BCUT2D eigenvalue weighted by molar-refractivity contribution is -0.145. The van der Waals surface area contributed by atoms with E-state index in [0.717, 1.165) is 24.8 Å². The number of anilines is 2. The van der Waals surface area contributed by atoms with Crippen LogP contribution in [0.5, 0.6) is 0 Å². The van der Waals surface area contributed by atoms with E-state index >= 15 is 0 Å². The number of aryl methyl sites for hydroxylation is 1. The third kappa shape index (κ3) is 11.2. The van der Waals surface area contributed by atoms with E-state index < -0.39 is 12.0 Å². The van der Waals surface area contributed by atoms with Crippen LogP contribution in [-0.4, -0.2) is 67.0 Å². The Labute approximate surface area is 280 Å². The van der Waals surface area contributed by atoms with E-state index in [1.165, 1.54) is 0 Å². The molecule has 48 heavy (non-hydrogen) atoms. The smallest absolute Gasteiger partial charge is 0.451 e. The van der Waals surface area contributed by atoms with Gasteiger partial charge in [-0.2, -0.15) is 18.4 Å². The number of amides is 1. The molecule has 0 saturated carbocycles. The Kier molecular flexibility index (Phi) is 13.6. The summed E-state index contributed by atoms with van der Waals surface area (Å²) in [5.41, 5.74) is 1.64. The number of aromatic nitrogens is 2. The Morgan fingerprint density at radius 3 is 2.35 bits per heavy atom. The molecule has 2 aliphatic heterocycles. The van der Waals surface area contributed by atoms with Gasteiger partial charge in [-0.3, -0.25) is 14.4 Å². The fourth-order valence-corrected chi connectivity index (χ4v) is 6.32. The van der Waals surface area contributed by atoms with Crippen molar-refractivity contribution in [3.8, 4) is 6.07 Å². The number of ketones is 1. The number of nitrogens with one attached hydrogen (secondary N) is 1. The SMILES string of the molecule is CCOC(=O)CCCC(=O)NCCC1CCN(c2cc(N3CCC[C@@H](C(=O)CCCc4ccc(C#N)cc4)C3)nc(C(F)(F)F)n2)CC1. The molecule has 0 aliphatic carbocycles. The lowest BCUT2D eigenvalue weighted by atomic mass is 9.90. The summed E-state index contributed by atoms with van der Waals surface area (Å²) < 4.78 is 46.7. The van der Waals surface area contributed by atoms with Crippen LogP contribution in [0, 0.1) is 23.2 Å². The first kappa shape index (κ1) is 36.6. The quantitative estimate of drug-likeness (QED) is 0.240. The van der Waals surface area contributed by atoms with Gasteiger partial charge < -0.3 is 19.9 Å². The van der Waals surface area contributed by atoms with E-state index in [9.17, 15) is 27.6 Å². The zero-order valence-corrected chi connectivity index (χ0v) is 27.6. The molecule has 13 heteroatoms. The standard InChI is InChI=1S/C35H45F3N6O4/c1-2-48-33(47)10-4-9-32(46)40-18-15-26-16-20-43(21-17-26)30-22-31(42-34(41-30)35(36,37)38)44-19-5-7-28(24-44)29(45)8-3-6-25-11-13-27(23-39)14-12-25/h11-14,22,26,28H,2-10,15-21,24H2,1H3,(H,40,46)/t28-/m1/s1. The molecular weight excluding hydrogens is 625 g/mol. The first-order valence-corrected chi connectivity index (χ1v) is 17.0. The number of Topliss-reactive ketones (excluding diaryl/α,β-unsaturated/α-hetero) is 1. The van der Waals surface area contributed by atoms with Gasteiger partial charge in [0.25, 0.3) is 0 Å². The lowest BCUT2D eigenvalue weighted by Gasteiger charge is -2.35. The maximum absolute atomic E-state index is 13.9. The number of esters is 1. The van der Waals surface area contributed by atoms with E-state index in [-0.39, 0.29) is 48.1 Å². The molecule has 1 amide bonds. The third-order valence-electron chi connectivity index (χ3n) is 9.03. The molecule has 3 heterocycles. The Morgan fingerprint density at radius 2 is 1.69 bits per heavy atom. The Hall–Kier alpha value is -4.21. The van der Waals surface area contributed by atoms with Crippen LogP contribution in [0.25, 0.3) is 0 Å². The monoisotopic (exact) mass is 670 g/mol. The van der Waals surface area contributed by atoms with Gasteiger partial charge in [0.1, 0.15) is 17.4 Å². The number of hydrogen-bond donors (Lipinski definition) is 1. The number of nitriles is 1. The van der Waals surface area contributed by atoms with Crippen molar-refractivity contribution in [2.45, 2.75) is 83.7 Å². The molecule has 0 unspecified atom stereocenters. The second-order valence-corrected chi connectivity index (χ2v) is 12.5. The number of rotatable bonds is 15. The number of halogens is 3. The minimum atomic E-state index is -4.71. The summed E-state index contributed by atoms with van der Waals surface area (Å²) in [6.07, 6.45) is 1.57. The van der Waals surface area contributed by atoms with Crippen LogP contribution in [0.4, 0.5) is 24.8 Å². The molecule has 1 N–H and O–H groups in total. The fourth-order valence-electron chi connectivity index (χ4n) is 6.32. The molecule has 0 spiro atoms. The van der Waals surface area contributed by atoms with Crippen LogP contribution >= 0.6 is 0 Å². The normalized spacial score (nSPS) is 17.1. The zero-order chi connectivity index (χ0) is 34.5. The summed E-state index contributed by atoms with van der Waals surface area (Å²) in [6.45, 7) is 4.46. The van der Waals surface area contributed by atoms with E-state index in [4.69, 9.17) is 10.00 Å². The molecule has 0 radical (unpaired) electrons. The highest BCUT2D eigenvalue weighted by atomic mass is 19.4. The topological polar surface area (TPSA) is 129 Å². The third-order valence-corrected chi connectivity index (χ3v) is 9.03. The molecule has 10 nitrogen and oxygen atoms in total. The van der Waals surface area contributed by atoms with Crippen LogP contribution < -0.4 is 15.1 Å². The zero-order valence-electron chi connectivity index (χ0n) is 27.6. The van der Waals surface area contributed by atoms with Gasteiger partial charge in [-0.15, -0.1) is 0 Å². The maximum atomic E-state index is 13.9. The van der Waals surface area contributed by atoms with Crippen LogP contribution in [0.3, 0.4) is 0 Å². The van der Waals surface area contributed by atoms with Crippen molar-refractivity contribution >= 4 is 29.3 Å². The summed E-state index contributed by atoms with van der Waals surface area (Å²) in [5, 5.41) is 11.9. The summed E-state index contributed by atoms with van der Waals surface area (Å²) in [5.74, 6) is -1.04. The van der Waals surface area contributed by atoms with Crippen LogP contribution in [0.15, 0.2) is 30.3 Å². The number of piperidine rings is 2. The van der Waals surface area contributed by atoms with E-state index in [0.29, 0.717) is 89.3 Å². The molecule has 4 rings (SSSR count). The van der Waals surface area contributed by atoms with E-state index in [1.807, 2.05) is 17.0 Å². The summed E-state index contributed by atoms with van der Waals surface area (Å²) >= 11 is 0. The van der Waals surface area contributed by atoms with Gasteiger partial charge in [0.2, 0.25) is 11.7 Å². The van der Waals surface area contributed by atoms with E-state index in [2.05, 4.69) is 21.4 Å². The second-order valence-electron chi connectivity index (χ2n) is 12.5. The molecule has 1 aromatic heterocycles. The van der Waals surface area contributed by atoms with Crippen LogP contribution in [-0.2, 0) is 31.7 Å². The summed E-state index contributed by atoms with van der Waals surface area (Å²) in [6, 6.07) is 11.0. The van der Waals surface area contributed by atoms with E-state index in [1.54, 1.807) is 30.0 Å². The predicted octanol–water partition coefficient (Wildman–Crippen LogP) is 5.63. The first-order valence-electron chi connectivity index (χ1n) is 17.0. The van der Waals surface area contributed by atoms with Crippen molar-refractivity contribution in [1.82, 2.24) is 15.3 Å². The molecule has 2 aromatic rings. The molecular formula is C35H45F3N6O4. The number of nitrogens with zero attached hydrogens (tertiary/aromatic N) is 5. The number of carbonyl (C=O) groups excluding carboxylic acids is 3. The average molecular weight is 671 g/mol. The molecule has 1 aromatic carbocycles. The van der Waals surface area contributed by atoms with Gasteiger partial charge in [-0.1, -0.05) is 12.1 Å². The highest BCUT2D eigenvalue weighted by molar-refractivity contribution is 5.82. The van der Waals surface area contributed by atoms with Gasteiger partial charge in [-0.05, 0) is 81.9 Å². The molecule has 1 atom stereocenters. The Morgan fingerprint density at radius 1 is 0.979 bits per heavy atom. The van der Waals surface area contributed by atoms with Crippen LogP contribution in [0.2, 0.25) is 0 Å². The fraction of sp³-hybridized carbons (Fsp3) is 0.600. The van der Waals surface area contributed by atoms with Crippen molar-refractivity contribution in [1.29, 1.82) is 5.26 Å². The minimum Gasteiger partial charge on any atom is -0.466 e.